The number of hydrogen-bond donors (Lipinski definition) is 0. The van der Waals surface area contributed by atoms with E-state index in [2.05, 4.69) is 4.72 Å². The third-order valence-electron chi connectivity index (χ3n) is 4.24. The van der Waals surface area contributed by atoms with Gasteiger partial charge in [0.15, 0.2) is 0 Å². The number of carbonyl (C=O) groups is 1. The van der Waals surface area contributed by atoms with Crippen molar-refractivity contribution in [2.75, 3.05) is 0 Å². The molecule has 0 aliphatic heterocycles. The Morgan fingerprint density at radius 3 is 2.15 bits per heavy atom. The molecule has 2 aromatic carbocycles. The number of allylic oxidation sites excluding steroid dienone is 2. The van der Waals surface area contributed by atoms with Gasteiger partial charge in [0, 0.05) is 0 Å². The maximum absolute atomic E-state index is 13.4. The molecule has 0 atom stereocenters. The first kappa shape index (κ1) is 22.1. The number of halogens is 2. The van der Waals surface area contributed by atoms with Gasteiger partial charge in [0.1, 0.15) is 15.8 Å². The summed E-state index contributed by atoms with van der Waals surface area (Å²) in [5.74, 6) is -1.22. The Morgan fingerprint density at radius 2 is 1.59 bits per heavy atom. The van der Waals surface area contributed by atoms with Crippen LogP contribution in [-0.4, -0.2) is 14.3 Å². The molecule has 27 heavy (non-hydrogen) atoms. The van der Waals surface area contributed by atoms with Gasteiger partial charge in [0.25, 0.3) is 0 Å². The summed E-state index contributed by atoms with van der Waals surface area (Å²) >= 11 is 5.90. The second-order valence-electron chi connectivity index (χ2n) is 6.05. The summed E-state index contributed by atoms with van der Waals surface area (Å²) in [6.45, 7) is 1.09. The minimum atomic E-state index is -3.98. The minimum absolute atomic E-state index is 0. The first-order valence-corrected chi connectivity index (χ1v) is 9.86. The SMILES string of the molecule is CC(=O)[N-]S(=O)(=O)c1ccc(C2=C(c3ccc(F)c(Cl)c3)CCC2)cc1.[Na+]. The van der Waals surface area contributed by atoms with Gasteiger partial charge in [-0.25, -0.2) is 12.8 Å². The van der Waals surface area contributed by atoms with Crippen LogP contribution in [0.25, 0.3) is 15.9 Å². The molecule has 0 fully saturated rings. The Bertz CT molecular complexity index is 1000. The molecule has 0 saturated heterocycles. The van der Waals surface area contributed by atoms with Crippen molar-refractivity contribution in [3.8, 4) is 0 Å². The molecule has 0 unspecified atom stereocenters. The Kier molecular flexibility index (Phi) is 7.27. The molecule has 8 heteroatoms. The van der Waals surface area contributed by atoms with Gasteiger partial charge in [0.05, 0.1) is 15.8 Å². The van der Waals surface area contributed by atoms with Crippen LogP contribution in [0.15, 0.2) is 47.4 Å². The van der Waals surface area contributed by atoms with Crippen molar-refractivity contribution in [1.29, 1.82) is 0 Å². The number of sulfonamides is 1. The van der Waals surface area contributed by atoms with Gasteiger partial charge in [-0.3, -0.25) is 0 Å². The van der Waals surface area contributed by atoms with E-state index in [1.165, 1.54) is 18.2 Å². The molecule has 0 radical (unpaired) electrons. The quantitative estimate of drug-likeness (QED) is 0.719. The summed E-state index contributed by atoms with van der Waals surface area (Å²) in [7, 11) is -3.98. The van der Waals surface area contributed by atoms with Crippen LogP contribution in [0, 0.1) is 5.82 Å². The van der Waals surface area contributed by atoms with Crippen molar-refractivity contribution in [2.45, 2.75) is 31.1 Å². The van der Waals surface area contributed by atoms with E-state index < -0.39 is 21.7 Å². The minimum Gasteiger partial charge on any atom is -0.542 e. The molecule has 0 spiro atoms. The summed E-state index contributed by atoms with van der Waals surface area (Å²) in [6, 6.07) is 11.0. The molecule has 0 bridgehead atoms. The van der Waals surface area contributed by atoms with Crippen LogP contribution < -0.4 is 29.6 Å². The van der Waals surface area contributed by atoms with Gasteiger partial charge in [-0.2, -0.15) is 0 Å². The molecule has 1 aliphatic carbocycles. The van der Waals surface area contributed by atoms with Crippen LogP contribution in [0.3, 0.4) is 0 Å². The van der Waals surface area contributed by atoms with Crippen LogP contribution >= 0.6 is 11.6 Å². The van der Waals surface area contributed by atoms with E-state index >= 15 is 0 Å². The zero-order chi connectivity index (χ0) is 18.9. The van der Waals surface area contributed by atoms with Crippen LogP contribution in [0.1, 0.15) is 37.3 Å². The van der Waals surface area contributed by atoms with E-state index in [1.54, 1.807) is 24.3 Å². The zero-order valence-electron chi connectivity index (χ0n) is 15.0. The van der Waals surface area contributed by atoms with Gasteiger partial charge >= 0.3 is 29.6 Å². The van der Waals surface area contributed by atoms with Gasteiger partial charge in [-0.1, -0.05) is 29.8 Å². The molecule has 1 aliphatic rings. The van der Waals surface area contributed by atoms with E-state index in [-0.39, 0.29) is 39.5 Å². The van der Waals surface area contributed by atoms with Gasteiger partial charge < -0.3 is 9.52 Å². The zero-order valence-corrected chi connectivity index (χ0v) is 18.6. The van der Waals surface area contributed by atoms with Crippen molar-refractivity contribution in [1.82, 2.24) is 0 Å². The van der Waals surface area contributed by atoms with E-state index in [1.807, 2.05) is 0 Å². The average Bonchev–Trinajstić information content (AvgIpc) is 3.06. The molecule has 1 amide bonds. The van der Waals surface area contributed by atoms with Crippen molar-refractivity contribution in [3.05, 3.63) is 69.2 Å². The van der Waals surface area contributed by atoms with E-state index in [0.29, 0.717) is 0 Å². The summed E-state index contributed by atoms with van der Waals surface area (Å²) in [5, 5.41) is 0.0773. The molecule has 4 nitrogen and oxygen atoms in total. The van der Waals surface area contributed by atoms with Crippen LogP contribution in [-0.2, 0) is 14.8 Å². The van der Waals surface area contributed by atoms with Crippen LogP contribution in [0.5, 0.6) is 0 Å². The van der Waals surface area contributed by atoms with Crippen LogP contribution in [0.2, 0.25) is 5.02 Å². The van der Waals surface area contributed by atoms with Gasteiger partial charge in [-0.15, -0.1) is 0 Å². The first-order valence-electron chi connectivity index (χ1n) is 8.04. The van der Waals surface area contributed by atoms with Gasteiger partial charge in [-0.05, 0) is 72.7 Å². The maximum atomic E-state index is 13.4. The summed E-state index contributed by atoms with van der Waals surface area (Å²) in [4.78, 5) is 10.9. The number of nitrogens with zero attached hydrogens (tertiary/aromatic N) is 1. The molecule has 3 rings (SSSR count). The van der Waals surface area contributed by atoms with Crippen molar-refractivity contribution in [3.63, 3.8) is 0 Å². The molecule has 0 saturated carbocycles. The number of benzene rings is 2. The average molecular weight is 416 g/mol. The van der Waals surface area contributed by atoms with E-state index in [0.717, 1.165) is 48.5 Å². The number of carbonyl (C=O) groups excluding carboxylic acids is 1. The smallest absolute Gasteiger partial charge is 0.542 e. The predicted octanol–water partition coefficient (Wildman–Crippen LogP) is 2.19. The van der Waals surface area contributed by atoms with Crippen LogP contribution in [0.4, 0.5) is 4.39 Å². The Morgan fingerprint density at radius 1 is 1.04 bits per heavy atom. The third kappa shape index (κ3) is 5.00. The third-order valence-corrected chi connectivity index (χ3v) is 5.89. The second kappa shape index (κ2) is 8.88. The standard InChI is InChI=1S/C19H17ClFNO3S.Na/c1-12(23)22-26(24,25)15-8-5-13(6-9-15)16-3-2-4-17(16)14-7-10-19(21)18(20)11-14;/h5-11H,2-4H2,1H3,(H,22,23);/q;+1/p-1. The Labute approximate surface area is 185 Å². The fourth-order valence-corrected chi connectivity index (χ4v) is 4.22. The molecule has 0 N–H and O–H groups in total. The number of amides is 1. The topological polar surface area (TPSA) is 65.3 Å². The number of hydrogen-bond acceptors (Lipinski definition) is 3. The molecular weight excluding hydrogens is 400 g/mol. The first-order chi connectivity index (χ1) is 12.3. The second-order valence-corrected chi connectivity index (χ2v) is 8.06. The largest absolute Gasteiger partial charge is 1.00 e. The van der Waals surface area contributed by atoms with E-state index in [9.17, 15) is 17.6 Å². The fourth-order valence-electron chi connectivity index (χ4n) is 3.11. The molecule has 136 valence electrons. The molecule has 0 heterocycles. The molecular formula is C19H16ClFNNaO3S. The summed E-state index contributed by atoms with van der Waals surface area (Å²) < 4.78 is 40.5. The molecule has 0 aromatic heterocycles. The Hall–Kier alpha value is -1.18. The van der Waals surface area contributed by atoms with E-state index in [4.69, 9.17) is 11.6 Å². The maximum Gasteiger partial charge on any atom is 1.00 e. The summed E-state index contributed by atoms with van der Waals surface area (Å²) in [6.07, 6.45) is 2.64. The molecule has 2 aromatic rings. The van der Waals surface area contributed by atoms with Crippen molar-refractivity contribution < 1.29 is 47.2 Å². The normalized spacial score (nSPS) is 14.0. The number of rotatable bonds is 4. The van der Waals surface area contributed by atoms with Crippen molar-refractivity contribution >= 4 is 38.7 Å². The van der Waals surface area contributed by atoms with Gasteiger partial charge in [0.2, 0.25) is 0 Å². The monoisotopic (exact) mass is 415 g/mol. The fraction of sp³-hybridized carbons (Fsp3) is 0.211. The predicted molar refractivity (Wildman–Crippen MR) is 99.7 cm³/mol. The summed E-state index contributed by atoms with van der Waals surface area (Å²) in [5.41, 5.74) is 3.92. The Balaban J connectivity index is 0.00000261. The van der Waals surface area contributed by atoms with Crippen molar-refractivity contribution in [2.24, 2.45) is 0 Å².